The van der Waals surface area contributed by atoms with Crippen molar-refractivity contribution in [3.8, 4) is 0 Å². The SMILES string of the molecule is C=C=CCN(CC=C)c1ccc(C)cc1C. The summed E-state index contributed by atoms with van der Waals surface area (Å²) in [6.07, 6.45) is 3.85. The Hall–Kier alpha value is -1.72. The standard InChI is InChI=1S/C15H19N/c1-5-7-11-16(10-6-2)15-9-8-13(3)12-14(15)4/h6-9,12H,1-2,10-11H2,3-4H3. The molecule has 1 nitrogen and oxygen atoms in total. The van der Waals surface area contributed by atoms with Crippen molar-refractivity contribution >= 4 is 5.69 Å². The second kappa shape index (κ2) is 5.99. The van der Waals surface area contributed by atoms with Gasteiger partial charge in [0, 0.05) is 18.8 Å². The van der Waals surface area contributed by atoms with E-state index in [4.69, 9.17) is 0 Å². The Bertz CT molecular complexity index is 411. The molecule has 0 radical (unpaired) electrons. The van der Waals surface area contributed by atoms with Gasteiger partial charge in [0.1, 0.15) is 0 Å². The fourth-order valence-corrected chi connectivity index (χ4v) is 1.76. The zero-order chi connectivity index (χ0) is 12.0. The maximum atomic E-state index is 3.79. The Morgan fingerprint density at radius 2 is 2.06 bits per heavy atom. The molecular formula is C15H19N. The molecule has 1 rings (SSSR count). The van der Waals surface area contributed by atoms with Gasteiger partial charge in [-0.2, -0.15) is 0 Å². The molecule has 84 valence electrons. The summed E-state index contributed by atoms with van der Waals surface area (Å²) in [7, 11) is 0. The van der Waals surface area contributed by atoms with E-state index in [0.29, 0.717) is 0 Å². The van der Waals surface area contributed by atoms with Gasteiger partial charge in [-0.3, -0.25) is 0 Å². The second-order valence-corrected chi connectivity index (χ2v) is 3.89. The molecule has 0 heterocycles. The number of anilines is 1. The van der Waals surface area contributed by atoms with E-state index in [1.54, 1.807) is 0 Å². The zero-order valence-corrected chi connectivity index (χ0v) is 10.2. The van der Waals surface area contributed by atoms with Gasteiger partial charge in [-0.1, -0.05) is 30.4 Å². The van der Waals surface area contributed by atoms with Crippen molar-refractivity contribution in [2.24, 2.45) is 0 Å². The summed E-state index contributed by atoms with van der Waals surface area (Å²) in [5.41, 5.74) is 6.64. The third-order valence-electron chi connectivity index (χ3n) is 2.50. The molecule has 0 N–H and O–H groups in total. The first-order valence-electron chi connectivity index (χ1n) is 5.46. The van der Waals surface area contributed by atoms with Crippen LogP contribution in [0.25, 0.3) is 0 Å². The van der Waals surface area contributed by atoms with Gasteiger partial charge in [-0.15, -0.1) is 12.3 Å². The van der Waals surface area contributed by atoms with Crippen LogP contribution in [0.2, 0.25) is 0 Å². The molecule has 0 saturated carbocycles. The Morgan fingerprint density at radius 1 is 1.31 bits per heavy atom. The van der Waals surface area contributed by atoms with Crippen LogP contribution in [0, 0.1) is 13.8 Å². The number of hydrogen-bond donors (Lipinski definition) is 0. The van der Waals surface area contributed by atoms with Crippen LogP contribution in [0.1, 0.15) is 11.1 Å². The van der Waals surface area contributed by atoms with Crippen LogP contribution in [0.5, 0.6) is 0 Å². The highest BCUT2D eigenvalue weighted by Gasteiger charge is 2.05. The van der Waals surface area contributed by atoms with Gasteiger partial charge in [-0.25, -0.2) is 0 Å². The van der Waals surface area contributed by atoms with E-state index in [1.807, 2.05) is 12.2 Å². The summed E-state index contributed by atoms with van der Waals surface area (Å²) in [6, 6.07) is 6.49. The van der Waals surface area contributed by atoms with Crippen molar-refractivity contribution in [3.05, 3.63) is 60.4 Å². The van der Waals surface area contributed by atoms with Gasteiger partial charge in [-0.05, 0) is 31.6 Å². The maximum absolute atomic E-state index is 3.79. The highest BCUT2D eigenvalue weighted by molar-refractivity contribution is 5.55. The van der Waals surface area contributed by atoms with E-state index >= 15 is 0 Å². The third-order valence-corrected chi connectivity index (χ3v) is 2.50. The quantitative estimate of drug-likeness (QED) is 0.533. The Labute approximate surface area is 98.4 Å². The van der Waals surface area contributed by atoms with E-state index in [2.05, 4.69) is 55.8 Å². The molecule has 1 aromatic rings. The van der Waals surface area contributed by atoms with Crippen LogP contribution < -0.4 is 4.90 Å². The number of hydrogen-bond acceptors (Lipinski definition) is 1. The zero-order valence-electron chi connectivity index (χ0n) is 10.2. The number of rotatable bonds is 5. The average molecular weight is 213 g/mol. The predicted molar refractivity (Wildman–Crippen MR) is 72.0 cm³/mol. The smallest absolute Gasteiger partial charge is 0.0437 e. The number of benzene rings is 1. The second-order valence-electron chi connectivity index (χ2n) is 3.89. The van der Waals surface area contributed by atoms with Crippen molar-refractivity contribution in [1.29, 1.82) is 0 Å². The first-order chi connectivity index (χ1) is 7.69. The van der Waals surface area contributed by atoms with E-state index in [0.717, 1.165) is 13.1 Å². The van der Waals surface area contributed by atoms with Crippen LogP contribution in [-0.2, 0) is 0 Å². The minimum absolute atomic E-state index is 0.819. The fourth-order valence-electron chi connectivity index (χ4n) is 1.76. The van der Waals surface area contributed by atoms with E-state index in [9.17, 15) is 0 Å². The molecule has 0 aliphatic rings. The lowest BCUT2D eigenvalue weighted by Crippen LogP contribution is -2.23. The normalized spacial score (nSPS) is 9.38. The molecule has 0 aromatic heterocycles. The monoisotopic (exact) mass is 213 g/mol. The molecule has 16 heavy (non-hydrogen) atoms. The van der Waals surface area contributed by atoms with Crippen LogP contribution in [0.4, 0.5) is 5.69 Å². The summed E-state index contributed by atoms with van der Waals surface area (Å²) in [4.78, 5) is 2.25. The van der Waals surface area contributed by atoms with E-state index in [1.165, 1.54) is 16.8 Å². The molecule has 0 amide bonds. The van der Waals surface area contributed by atoms with Gasteiger partial charge in [0.2, 0.25) is 0 Å². The molecule has 0 unspecified atom stereocenters. The van der Waals surface area contributed by atoms with Gasteiger partial charge in [0.15, 0.2) is 0 Å². The lowest BCUT2D eigenvalue weighted by Gasteiger charge is -2.23. The third kappa shape index (κ3) is 3.15. The Morgan fingerprint density at radius 3 is 2.62 bits per heavy atom. The summed E-state index contributed by atoms with van der Waals surface area (Å²) in [5, 5.41) is 0. The Balaban J connectivity index is 2.99. The minimum Gasteiger partial charge on any atom is -0.363 e. The number of aryl methyl sites for hydroxylation is 2. The first kappa shape index (κ1) is 12.4. The van der Waals surface area contributed by atoms with Gasteiger partial charge in [0.25, 0.3) is 0 Å². The predicted octanol–water partition coefficient (Wildman–Crippen LogP) is 3.64. The molecule has 0 aliphatic carbocycles. The lowest BCUT2D eigenvalue weighted by atomic mass is 10.1. The summed E-state index contributed by atoms with van der Waals surface area (Å²) >= 11 is 0. The van der Waals surface area contributed by atoms with Gasteiger partial charge >= 0.3 is 0 Å². The van der Waals surface area contributed by atoms with Crippen LogP contribution >= 0.6 is 0 Å². The minimum atomic E-state index is 0.819. The van der Waals surface area contributed by atoms with Crippen molar-refractivity contribution in [3.63, 3.8) is 0 Å². The molecule has 1 heteroatoms. The molecule has 0 atom stereocenters. The van der Waals surface area contributed by atoms with Crippen LogP contribution in [-0.4, -0.2) is 13.1 Å². The van der Waals surface area contributed by atoms with E-state index < -0.39 is 0 Å². The average Bonchev–Trinajstić information content (AvgIpc) is 2.25. The molecule has 0 saturated heterocycles. The summed E-state index contributed by atoms with van der Waals surface area (Å²) in [6.45, 7) is 13.3. The van der Waals surface area contributed by atoms with Gasteiger partial charge < -0.3 is 4.90 Å². The van der Waals surface area contributed by atoms with E-state index in [-0.39, 0.29) is 0 Å². The molecule has 0 fully saturated rings. The van der Waals surface area contributed by atoms with Crippen LogP contribution in [0.15, 0.2) is 49.2 Å². The number of nitrogens with zero attached hydrogens (tertiary/aromatic N) is 1. The summed E-state index contributed by atoms with van der Waals surface area (Å²) < 4.78 is 0. The van der Waals surface area contributed by atoms with Crippen molar-refractivity contribution in [2.45, 2.75) is 13.8 Å². The van der Waals surface area contributed by atoms with Gasteiger partial charge in [0.05, 0.1) is 0 Å². The largest absolute Gasteiger partial charge is 0.363 e. The molecule has 0 aliphatic heterocycles. The summed E-state index contributed by atoms with van der Waals surface area (Å²) in [5.74, 6) is 0. The van der Waals surface area contributed by atoms with Crippen molar-refractivity contribution < 1.29 is 0 Å². The van der Waals surface area contributed by atoms with Crippen molar-refractivity contribution in [2.75, 3.05) is 18.0 Å². The lowest BCUT2D eigenvalue weighted by molar-refractivity contribution is 0.948. The highest BCUT2D eigenvalue weighted by Crippen LogP contribution is 2.20. The highest BCUT2D eigenvalue weighted by atomic mass is 15.1. The van der Waals surface area contributed by atoms with Crippen molar-refractivity contribution in [1.82, 2.24) is 0 Å². The first-order valence-corrected chi connectivity index (χ1v) is 5.46. The van der Waals surface area contributed by atoms with Crippen LogP contribution in [0.3, 0.4) is 0 Å². The molecule has 1 aromatic carbocycles. The fraction of sp³-hybridized carbons (Fsp3) is 0.267. The molecule has 0 bridgehead atoms. The molecule has 0 spiro atoms. The maximum Gasteiger partial charge on any atom is 0.0437 e. The molecular weight excluding hydrogens is 194 g/mol. The Kier molecular flexibility index (Phi) is 4.63. The topological polar surface area (TPSA) is 3.24 Å².